The van der Waals surface area contributed by atoms with Gasteiger partial charge in [-0.3, -0.25) is 19.2 Å². The molecule has 3 rings (SSSR count). The Bertz CT molecular complexity index is 1130. The SMILES string of the molecule is CC(=O)Nc1ccc(NS(C)(=O)=O)c(C(=O)NCC(c2c(F)cccc2Cl)N2CCCC2)c1. The predicted octanol–water partition coefficient (Wildman–Crippen LogP) is 3.38. The third-order valence-electron chi connectivity index (χ3n) is 5.25. The molecular formula is C22H26ClFN4O4S. The van der Waals surface area contributed by atoms with E-state index in [1.165, 1.54) is 37.3 Å². The number of likely N-dealkylation sites (tertiary alicyclic amines) is 1. The fourth-order valence-electron chi connectivity index (χ4n) is 3.88. The molecule has 3 N–H and O–H groups in total. The molecule has 1 heterocycles. The molecule has 0 saturated carbocycles. The van der Waals surface area contributed by atoms with Gasteiger partial charge >= 0.3 is 0 Å². The smallest absolute Gasteiger partial charge is 0.253 e. The second-order valence-corrected chi connectivity index (χ2v) is 10.1. The van der Waals surface area contributed by atoms with E-state index in [9.17, 15) is 22.4 Å². The highest BCUT2D eigenvalue weighted by Gasteiger charge is 2.28. The van der Waals surface area contributed by atoms with Gasteiger partial charge in [-0.15, -0.1) is 0 Å². The van der Waals surface area contributed by atoms with Crippen LogP contribution in [0.4, 0.5) is 15.8 Å². The summed E-state index contributed by atoms with van der Waals surface area (Å²) < 4.78 is 40.5. The Morgan fingerprint density at radius 1 is 1.18 bits per heavy atom. The molecule has 1 unspecified atom stereocenters. The molecule has 2 amide bonds. The van der Waals surface area contributed by atoms with Gasteiger partial charge in [0.25, 0.3) is 5.91 Å². The van der Waals surface area contributed by atoms with Crippen LogP contribution in [0.25, 0.3) is 0 Å². The van der Waals surface area contributed by atoms with Crippen molar-refractivity contribution in [3.8, 4) is 0 Å². The van der Waals surface area contributed by atoms with E-state index in [4.69, 9.17) is 11.6 Å². The minimum Gasteiger partial charge on any atom is -0.350 e. The Labute approximate surface area is 197 Å². The Balaban J connectivity index is 1.89. The molecule has 178 valence electrons. The van der Waals surface area contributed by atoms with Gasteiger partial charge in [-0.2, -0.15) is 0 Å². The van der Waals surface area contributed by atoms with E-state index in [1.54, 1.807) is 6.07 Å². The van der Waals surface area contributed by atoms with Crippen molar-refractivity contribution >= 4 is 44.8 Å². The average Bonchev–Trinajstić information content (AvgIpc) is 3.24. The zero-order chi connectivity index (χ0) is 24.2. The first-order chi connectivity index (χ1) is 15.5. The zero-order valence-electron chi connectivity index (χ0n) is 18.3. The van der Waals surface area contributed by atoms with Crippen LogP contribution in [0.3, 0.4) is 0 Å². The van der Waals surface area contributed by atoms with Crippen LogP contribution in [0.2, 0.25) is 5.02 Å². The number of nitrogens with zero attached hydrogens (tertiary/aromatic N) is 1. The van der Waals surface area contributed by atoms with Crippen molar-refractivity contribution < 1.29 is 22.4 Å². The van der Waals surface area contributed by atoms with Crippen LogP contribution in [-0.4, -0.2) is 51.0 Å². The molecule has 0 aliphatic carbocycles. The van der Waals surface area contributed by atoms with Gasteiger partial charge in [0, 0.05) is 29.7 Å². The maximum Gasteiger partial charge on any atom is 0.253 e. The summed E-state index contributed by atoms with van der Waals surface area (Å²) in [4.78, 5) is 26.6. The van der Waals surface area contributed by atoms with Crippen molar-refractivity contribution in [3.05, 3.63) is 58.4 Å². The summed E-state index contributed by atoms with van der Waals surface area (Å²) in [5.74, 6) is -1.38. The Morgan fingerprint density at radius 2 is 1.88 bits per heavy atom. The highest BCUT2D eigenvalue weighted by atomic mass is 35.5. The number of sulfonamides is 1. The molecule has 1 atom stereocenters. The second-order valence-electron chi connectivity index (χ2n) is 7.92. The van der Waals surface area contributed by atoms with Crippen molar-refractivity contribution in [3.63, 3.8) is 0 Å². The lowest BCUT2D eigenvalue weighted by molar-refractivity contribution is -0.114. The number of rotatable bonds is 8. The molecule has 2 aromatic rings. The van der Waals surface area contributed by atoms with Crippen LogP contribution in [0.1, 0.15) is 41.7 Å². The van der Waals surface area contributed by atoms with Crippen molar-refractivity contribution in [1.82, 2.24) is 10.2 Å². The van der Waals surface area contributed by atoms with Gasteiger partial charge < -0.3 is 10.6 Å². The van der Waals surface area contributed by atoms with Gasteiger partial charge in [-0.05, 0) is 56.3 Å². The van der Waals surface area contributed by atoms with E-state index in [0.717, 1.165) is 32.2 Å². The molecule has 33 heavy (non-hydrogen) atoms. The zero-order valence-corrected chi connectivity index (χ0v) is 19.9. The first kappa shape index (κ1) is 24.9. The standard InChI is InChI=1S/C22H26ClFN4O4S/c1-14(29)26-15-8-9-19(27-33(2,31)32)16(12-15)22(30)25-13-20(28-10-3-4-11-28)21-17(23)6-5-7-18(21)24/h5-9,12,20,27H,3-4,10-11,13H2,1-2H3,(H,25,30)(H,26,29). The summed E-state index contributed by atoms with van der Waals surface area (Å²) in [7, 11) is -3.66. The highest BCUT2D eigenvalue weighted by molar-refractivity contribution is 7.92. The van der Waals surface area contributed by atoms with Crippen molar-refractivity contribution in [2.45, 2.75) is 25.8 Å². The van der Waals surface area contributed by atoms with Crippen LogP contribution >= 0.6 is 11.6 Å². The molecule has 0 spiro atoms. The third-order valence-corrected chi connectivity index (χ3v) is 6.17. The van der Waals surface area contributed by atoms with Crippen LogP contribution in [0, 0.1) is 5.82 Å². The summed E-state index contributed by atoms with van der Waals surface area (Å²) in [6.07, 6.45) is 2.88. The molecule has 1 aliphatic rings. The summed E-state index contributed by atoms with van der Waals surface area (Å²) in [6.45, 7) is 2.86. The number of halogens is 2. The Morgan fingerprint density at radius 3 is 2.48 bits per heavy atom. The Kier molecular flexibility index (Phi) is 7.93. The van der Waals surface area contributed by atoms with E-state index >= 15 is 0 Å². The quantitative estimate of drug-likeness (QED) is 0.519. The average molecular weight is 497 g/mol. The number of amides is 2. The first-order valence-electron chi connectivity index (χ1n) is 10.4. The number of nitrogens with one attached hydrogen (secondary N) is 3. The molecule has 1 saturated heterocycles. The monoisotopic (exact) mass is 496 g/mol. The van der Waals surface area contributed by atoms with E-state index in [0.29, 0.717) is 11.3 Å². The molecule has 2 aromatic carbocycles. The maximum absolute atomic E-state index is 14.7. The Hall–Kier alpha value is -2.69. The van der Waals surface area contributed by atoms with Crippen LogP contribution in [-0.2, 0) is 14.8 Å². The molecule has 0 bridgehead atoms. The van der Waals surface area contributed by atoms with Crippen LogP contribution < -0.4 is 15.4 Å². The summed E-state index contributed by atoms with van der Waals surface area (Å²) in [6, 6.07) is 8.23. The van der Waals surface area contributed by atoms with Gasteiger partial charge in [0.15, 0.2) is 0 Å². The van der Waals surface area contributed by atoms with Crippen molar-refractivity contribution in [2.24, 2.45) is 0 Å². The summed E-state index contributed by atoms with van der Waals surface area (Å²) >= 11 is 6.31. The normalized spacial score (nSPS) is 15.2. The summed E-state index contributed by atoms with van der Waals surface area (Å²) in [5.41, 5.74) is 0.722. The third kappa shape index (κ3) is 6.66. The lowest BCUT2D eigenvalue weighted by Crippen LogP contribution is -2.37. The minimum atomic E-state index is -3.66. The van der Waals surface area contributed by atoms with Gasteiger partial charge in [-0.1, -0.05) is 17.7 Å². The van der Waals surface area contributed by atoms with Gasteiger partial charge in [0.2, 0.25) is 15.9 Å². The van der Waals surface area contributed by atoms with E-state index in [1.807, 2.05) is 0 Å². The number of carbonyl (C=O) groups excluding carboxylic acids is 2. The first-order valence-corrected chi connectivity index (χ1v) is 12.7. The second kappa shape index (κ2) is 10.5. The van der Waals surface area contributed by atoms with Gasteiger partial charge in [-0.25, -0.2) is 12.8 Å². The fourth-order valence-corrected chi connectivity index (χ4v) is 4.75. The minimum absolute atomic E-state index is 0.0199. The molecule has 0 radical (unpaired) electrons. The van der Waals surface area contributed by atoms with E-state index in [-0.39, 0.29) is 28.7 Å². The fraction of sp³-hybridized carbons (Fsp3) is 0.364. The number of benzene rings is 2. The molecule has 1 fully saturated rings. The maximum atomic E-state index is 14.7. The molecular weight excluding hydrogens is 471 g/mol. The highest BCUT2D eigenvalue weighted by Crippen LogP contribution is 2.32. The van der Waals surface area contributed by atoms with Crippen LogP contribution in [0.15, 0.2) is 36.4 Å². The van der Waals surface area contributed by atoms with Gasteiger partial charge in [0.1, 0.15) is 5.82 Å². The van der Waals surface area contributed by atoms with E-state index in [2.05, 4.69) is 20.3 Å². The van der Waals surface area contributed by atoms with Gasteiger partial charge in [0.05, 0.1) is 23.5 Å². The van der Waals surface area contributed by atoms with Crippen molar-refractivity contribution in [1.29, 1.82) is 0 Å². The van der Waals surface area contributed by atoms with Crippen molar-refractivity contribution in [2.75, 3.05) is 35.9 Å². The predicted molar refractivity (Wildman–Crippen MR) is 127 cm³/mol. The lowest BCUT2D eigenvalue weighted by atomic mass is 10.0. The lowest BCUT2D eigenvalue weighted by Gasteiger charge is -2.29. The number of carbonyl (C=O) groups is 2. The van der Waals surface area contributed by atoms with Crippen LogP contribution in [0.5, 0.6) is 0 Å². The van der Waals surface area contributed by atoms with E-state index < -0.39 is 27.8 Å². The molecule has 8 nitrogen and oxygen atoms in total. The molecule has 11 heteroatoms. The topological polar surface area (TPSA) is 108 Å². The number of anilines is 2. The molecule has 0 aromatic heterocycles. The molecule has 1 aliphatic heterocycles. The summed E-state index contributed by atoms with van der Waals surface area (Å²) in [5, 5.41) is 5.62. The number of hydrogen-bond acceptors (Lipinski definition) is 5. The largest absolute Gasteiger partial charge is 0.350 e. The number of hydrogen-bond donors (Lipinski definition) is 3.